The first-order chi connectivity index (χ1) is 8.08. The van der Waals surface area contributed by atoms with E-state index in [-0.39, 0.29) is 11.6 Å². The third kappa shape index (κ3) is 1.35. The van der Waals surface area contributed by atoms with Crippen molar-refractivity contribution in [1.82, 2.24) is 4.98 Å². The van der Waals surface area contributed by atoms with Crippen molar-refractivity contribution in [2.24, 2.45) is 0 Å². The molecule has 86 valence electrons. The summed E-state index contributed by atoms with van der Waals surface area (Å²) in [6.45, 7) is 3.53. The lowest BCUT2D eigenvalue weighted by Crippen LogP contribution is -1.94. The Hall–Kier alpha value is -1.90. The summed E-state index contributed by atoms with van der Waals surface area (Å²) in [6, 6.07) is 3.78. The molecule has 1 aliphatic rings. The molecule has 0 aliphatic heterocycles. The van der Waals surface area contributed by atoms with Crippen molar-refractivity contribution in [3.8, 4) is 0 Å². The minimum absolute atomic E-state index is 0.0641. The van der Waals surface area contributed by atoms with Crippen LogP contribution in [0.3, 0.4) is 0 Å². The predicted octanol–water partition coefficient (Wildman–Crippen LogP) is 2.81. The number of aryl methyl sites for hydroxylation is 2. The number of carbonyl (C=O) groups is 2. The quantitative estimate of drug-likeness (QED) is 0.761. The highest BCUT2D eigenvalue weighted by molar-refractivity contribution is 6.07. The lowest BCUT2D eigenvalue weighted by atomic mass is 10.0. The highest BCUT2D eigenvalue weighted by Gasteiger charge is 2.25. The van der Waals surface area contributed by atoms with Crippen molar-refractivity contribution >= 4 is 22.5 Å². The van der Waals surface area contributed by atoms with Crippen LogP contribution in [0.4, 0.5) is 0 Å². The van der Waals surface area contributed by atoms with E-state index in [1.165, 1.54) is 0 Å². The van der Waals surface area contributed by atoms with Crippen LogP contribution < -0.4 is 0 Å². The van der Waals surface area contributed by atoms with Crippen molar-refractivity contribution in [3.05, 3.63) is 34.5 Å². The molecule has 3 heteroatoms. The minimum Gasteiger partial charge on any atom is -0.352 e. The van der Waals surface area contributed by atoms with Crippen molar-refractivity contribution in [2.45, 2.75) is 26.7 Å². The molecule has 0 fully saturated rings. The van der Waals surface area contributed by atoms with Crippen LogP contribution in [0.25, 0.3) is 10.9 Å². The molecule has 0 spiro atoms. The molecule has 1 N–H and O–H groups in total. The number of rotatable bonds is 1. The van der Waals surface area contributed by atoms with Crippen molar-refractivity contribution in [1.29, 1.82) is 0 Å². The first kappa shape index (κ1) is 10.3. The summed E-state index contributed by atoms with van der Waals surface area (Å²) >= 11 is 0. The normalized spacial score (nSPS) is 14.4. The maximum atomic E-state index is 11.7. The molecule has 1 aromatic carbocycles. The number of hydrogen-bond donors (Lipinski definition) is 1. The fraction of sp³-hybridized carbons (Fsp3) is 0.286. The average molecular weight is 227 g/mol. The third-order valence-corrected chi connectivity index (χ3v) is 3.50. The summed E-state index contributed by atoms with van der Waals surface area (Å²) in [5, 5.41) is 1.04. The van der Waals surface area contributed by atoms with Gasteiger partial charge in [0.15, 0.2) is 11.6 Å². The first-order valence-electron chi connectivity index (χ1n) is 5.77. The van der Waals surface area contributed by atoms with E-state index in [1.54, 1.807) is 6.92 Å². The van der Waals surface area contributed by atoms with Crippen LogP contribution >= 0.6 is 0 Å². The van der Waals surface area contributed by atoms with Gasteiger partial charge in [-0.1, -0.05) is 0 Å². The number of benzene rings is 1. The SMILES string of the molecule is CC(=O)c1cc(C)c2[nH]c3c(c2c1)CCC3=O. The molecule has 0 saturated heterocycles. The maximum absolute atomic E-state index is 11.7. The molecule has 17 heavy (non-hydrogen) atoms. The van der Waals surface area contributed by atoms with Gasteiger partial charge < -0.3 is 4.98 Å². The number of aromatic amines is 1. The van der Waals surface area contributed by atoms with E-state index in [2.05, 4.69) is 4.98 Å². The highest BCUT2D eigenvalue weighted by Crippen LogP contribution is 2.32. The lowest BCUT2D eigenvalue weighted by Gasteiger charge is -2.02. The maximum Gasteiger partial charge on any atom is 0.179 e. The average Bonchev–Trinajstić information content (AvgIpc) is 2.80. The van der Waals surface area contributed by atoms with Gasteiger partial charge in [0.05, 0.1) is 5.69 Å². The van der Waals surface area contributed by atoms with Crippen LogP contribution in [0, 0.1) is 6.92 Å². The van der Waals surface area contributed by atoms with E-state index < -0.39 is 0 Å². The number of Topliss-reactive ketones (excluding diaryl/α,β-unsaturated/α-hetero) is 2. The largest absolute Gasteiger partial charge is 0.352 e. The number of nitrogens with one attached hydrogen (secondary N) is 1. The van der Waals surface area contributed by atoms with Gasteiger partial charge in [0.25, 0.3) is 0 Å². The Morgan fingerprint density at radius 1 is 1.29 bits per heavy atom. The van der Waals surface area contributed by atoms with Gasteiger partial charge in [0, 0.05) is 22.9 Å². The molecule has 0 saturated carbocycles. The van der Waals surface area contributed by atoms with E-state index in [0.717, 1.165) is 39.7 Å². The van der Waals surface area contributed by atoms with Gasteiger partial charge in [0.1, 0.15) is 0 Å². The van der Waals surface area contributed by atoms with E-state index in [9.17, 15) is 9.59 Å². The zero-order valence-electron chi connectivity index (χ0n) is 9.89. The first-order valence-corrected chi connectivity index (χ1v) is 5.77. The second kappa shape index (κ2) is 3.29. The zero-order chi connectivity index (χ0) is 12.2. The van der Waals surface area contributed by atoms with Gasteiger partial charge in [-0.25, -0.2) is 0 Å². The Morgan fingerprint density at radius 3 is 2.76 bits per heavy atom. The molecule has 0 unspecified atom stereocenters. The van der Waals surface area contributed by atoms with Crippen LogP contribution in [0.5, 0.6) is 0 Å². The van der Waals surface area contributed by atoms with Crippen LogP contribution in [0.1, 0.15) is 45.3 Å². The van der Waals surface area contributed by atoms with E-state index in [1.807, 2.05) is 19.1 Å². The summed E-state index contributed by atoms with van der Waals surface area (Å²) in [4.78, 5) is 26.3. The fourth-order valence-electron chi connectivity index (χ4n) is 2.59. The number of aromatic nitrogens is 1. The summed E-state index contributed by atoms with van der Waals surface area (Å²) < 4.78 is 0. The molecule has 1 heterocycles. The highest BCUT2D eigenvalue weighted by atomic mass is 16.1. The summed E-state index contributed by atoms with van der Waals surface area (Å²) in [5.41, 5.74) is 4.55. The predicted molar refractivity (Wildman–Crippen MR) is 65.7 cm³/mol. The van der Waals surface area contributed by atoms with E-state index >= 15 is 0 Å². The monoisotopic (exact) mass is 227 g/mol. The van der Waals surface area contributed by atoms with E-state index in [0.29, 0.717) is 6.42 Å². The fourth-order valence-corrected chi connectivity index (χ4v) is 2.59. The molecule has 2 aromatic rings. The number of hydrogen-bond acceptors (Lipinski definition) is 2. The zero-order valence-corrected chi connectivity index (χ0v) is 9.89. The molecule has 0 radical (unpaired) electrons. The summed E-state index contributed by atoms with van der Waals surface area (Å²) in [5.74, 6) is 0.245. The lowest BCUT2D eigenvalue weighted by molar-refractivity contribution is 0.0988. The van der Waals surface area contributed by atoms with Gasteiger partial charge in [-0.3, -0.25) is 9.59 Å². The Kier molecular flexibility index (Phi) is 1.99. The molecule has 1 aromatic heterocycles. The number of carbonyl (C=O) groups excluding carboxylic acids is 2. The van der Waals surface area contributed by atoms with E-state index in [4.69, 9.17) is 0 Å². The van der Waals surface area contributed by atoms with Gasteiger partial charge in [-0.15, -0.1) is 0 Å². The molecule has 1 aliphatic carbocycles. The number of ketones is 2. The van der Waals surface area contributed by atoms with Crippen molar-refractivity contribution in [3.63, 3.8) is 0 Å². The molecule has 3 rings (SSSR count). The Bertz CT molecular complexity index is 664. The molecule has 0 atom stereocenters. The third-order valence-electron chi connectivity index (χ3n) is 3.50. The number of H-pyrrole nitrogens is 1. The Morgan fingerprint density at radius 2 is 2.06 bits per heavy atom. The molecule has 0 amide bonds. The number of fused-ring (bicyclic) bond motifs is 3. The molecular formula is C14H13NO2. The minimum atomic E-state index is 0.0641. The Labute approximate surface area is 98.8 Å². The van der Waals surface area contributed by atoms with Gasteiger partial charge >= 0.3 is 0 Å². The topological polar surface area (TPSA) is 49.9 Å². The van der Waals surface area contributed by atoms with Crippen molar-refractivity contribution < 1.29 is 9.59 Å². The molecule has 0 bridgehead atoms. The Balaban J connectivity index is 2.37. The second-order valence-corrected chi connectivity index (χ2v) is 4.67. The summed E-state index contributed by atoms with van der Waals surface area (Å²) in [7, 11) is 0. The summed E-state index contributed by atoms with van der Waals surface area (Å²) in [6.07, 6.45) is 1.37. The molecule has 3 nitrogen and oxygen atoms in total. The smallest absolute Gasteiger partial charge is 0.179 e. The van der Waals surface area contributed by atoms with Crippen molar-refractivity contribution in [2.75, 3.05) is 0 Å². The van der Waals surface area contributed by atoms with Crippen LogP contribution in [0.2, 0.25) is 0 Å². The van der Waals surface area contributed by atoms with Crippen LogP contribution in [0.15, 0.2) is 12.1 Å². The van der Waals surface area contributed by atoms with Crippen LogP contribution in [-0.2, 0) is 6.42 Å². The van der Waals surface area contributed by atoms with Gasteiger partial charge in [-0.2, -0.15) is 0 Å². The van der Waals surface area contributed by atoms with Gasteiger partial charge in [-0.05, 0) is 43.5 Å². The molecular weight excluding hydrogens is 214 g/mol. The standard InChI is InChI=1S/C14H13NO2/c1-7-5-9(8(2)16)6-11-10-3-4-12(17)14(10)15-13(7)11/h5-6,15H,3-4H2,1-2H3. The van der Waals surface area contributed by atoms with Gasteiger partial charge in [0.2, 0.25) is 0 Å². The second-order valence-electron chi connectivity index (χ2n) is 4.67. The van der Waals surface area contributed by atoms with Crippen LogP contribution in [-0.4, -0.2) is 16.6 Å².